The minimum atomic E-state index is -0.520. The lowest BCUT2D eigenvalue weighted by atomic mass is 10.3. The maximum absolute atomic E-state index is 11.2. The van der Waals surface area contributed by atoms with Gasteiger partial charge >= 0.3 is 5.97 Å². The summed E-state index contributed by atoms with van der Waals surface area (Å²) in [6.45, 7) is 2.22. The van der Waals surface area contributed by atoms with Crippen molar-refractivity contribution in [2.45, 2.75) is 13.5 Å². The molecule has 0 fully saturated rings. The number of carbonyl (C=O) groups is 1. The van der Waals surface area contributed by atoms with E-state index in [2.05, 4.69) is 20.1 Å². The van der Waals surface area contributed by atoms with Crippen LogP contribution in [0, 0.1) is 6.92 Å². The predicted octanol–water partition coefficient (Wildman–Crippen LogP) is 0.808. The molecule has 0 aliphatic carbocycles. The summed E-state index contributed by atoms with van der Waals surface area (Å²) >= 11 is 6.12. The summed E-state index contributed by atoms with van der Waals surface area (Å²) in [5.41, 5.74) is 1.71. The predicted molar refractivity (Wildman–Crippen MR) is 63.4 cm³/mol. The van der Waals surface area contributed by atoms with E-state index < -0.39 is 5.97 Å². The van der Waals surface area contributed by atoms with E-state index in [-0.39, 0.29) is 5.69 Å². The lowest BCUT2D eigenvalue weighted by Gasteiger charge is -2.01. The highest BCUT2D eigenvalue weighted by Gasteiger charge is 2.14. The van der Waals surface area contributed by atoms with Crippen LogP contribution in [-0.2, 0) is 18.3 Å². The van der Waals surface area contributed by atoms with Crippen molar-refractivity contribution >= 4 is 17.6 Å². The van der Waals surface area contributed by atoms with Crippen molar-refractivity contribution < 1.29 is 9.53 Å². The lowest BCUT2D eigenvalue weighted by molar-refractivity contribution is 0.0594. The molecule has 0 radical (unpaired) electrons. The minimum Gasteiger partial charge on any atom is -0.464 e. The summed E-state index contributed by atoms with van der Waals surface area (Å²) in [5.74, 6) is -0.520. The molecule has 0 spiro atoms. The van der Waals surface area contributed by atoms with Crippen LogP contribution in [0.25, 0.3) is 0 Å². The number of ether oxygens (including phenoxy) is 1. The second-order valence-electron chi connectivity index (χ2n) is 3.76. The Morgan fingerprint density at radius 1 is 1.56 bits per heavy atom. The van der Waals surface area contributed by atoms with Crippen LogP contribution in [0.3, 0.4) is 0 Å². The molecule has 2 aromatic rings. The van der Waals surface area contributed by atoms with Crippen molar-refractivity contribution in [1.82, 2.24) is 24.8 Å². The van der Waals surface area contributed by atoms with E-state index in [1.165, 1.54) is 18.0 Å². The van der Waals surface area contributed by atoms with Crippen molar-refractivity contribution in [3.8, 4) is 0 Å². The highest BCUT2D eigenvalue weighted by atomic mass is 35.5. The fourth-order valence-electron chi connectivity index (χ4n) is 1.58. The average molecular weight is 270 g/mol. The minimum absolute atomic E-state index is 0.160. The first kappa shape index (κ1) is 12.6. The maximum atomic E-state index is 11.2. The van der Waals surface area contributed by atoms with Crippen molar-refractivity contribution in [2.24, 2.45) is 7.05 Å². The van der Waals surface area contributed by atoms with Crippen LogP contribution >= 0.6 is 11.6 Å². The first-order valence-electron chi connectivity index (χ1n) is 5.19. The second kappa shape index (κ2) is 4.77. The van der Waals surface area contributed by atoms with Gasteiger partial charge in [0.05, 0.1) is 36.3 Å². The van der Waals surface area contributed by atoms with Gasteiger partial charge in [-0.3, -0.25) is 4.68 Å². The molecular weight excluding hydrogens is 258 g/mol. The number of rotatable bonds is 3. The molecule has 0 bridgehead atoms. The topological polar surface area (TPSA) is 74.8 Å². The Morgan fingerprint density at radius 2 is 2.28 bits per heavy atom. The molecule has 2 heterocycles. The Kier molecular flexibility index (Phi) is 3.33. The SMILES string of the molecule is COC(=O)c1cn(Cc2c(Cl)c(C)nn2C)nn1. The number of hydrogen-bond donors (Lipinski definition) is 0. The van der Waals surface area contributed by atoms with Gasteiger partial charge in [-0.05, 0) is 6.92 Å². The lowest BCUT2D eigenvalue weighted by Crippen LogP contribution is -2.06. The molecule has 0 N–H and O–H groups in total. The first-order chi connectivity index (χ1) is 8.52. The quantitative estimate of drug-likeness (QED) is 0.771. The van der Waals surface area contributed by atoms with Crippen molar-refractivity contribution in [1.29, 1.82) is 0 Å². The van der Waals surface area contributed by atoms with Gasteiger partial charge in [0.25, 0.3) is 0 Å². The van der Waals surface area contributed by atoms with Gasteiger partial charge in [-0.15, -0.1) is 5.10 Å². The van der Waals surface area contributed by atoms with Gasteiger partial charge in [0, 0.05) is 7.05 Å². The number of aryl methyl sites for hydroxylation is 2. The van der Waals surface area contributed by atoms with Crippen molar-refractivity contribution in [3.05, 3.63) is 28.3 Å². The molecule has 0 saturated heterocycles. The molecule has 96 valence electrons. The van der Waals surface area contributed by atoms with Gasteiger partial charge in [0.15, 0.2) is 5.69 Å². The summed E-state index contributed by atoms with van der Waals surface area (Å²) in [5, 5.41) is 12.3. The van der Waals surface area contributed by atoms with Gasteiger partial charge in [0.2, 0.25) is 0 Å². The summed E-state index contributed by atoms with van der Waals surface area (Å²) in [6, 6.07) is 0. The Morgan fingerprint density at radius 3 is 2.83 bits per heavy atom. The zero-order valence-corrected chi connectivity index (χ0v) is 11.0. The molecule has 0 aromatic carbocycles. The summed E-state index contributed by atoms with van der Waals surface area (Å²) in [7, 11) is 3.09. The summed E-state index contributed by atoms with van der Waals surface area (Å²) < 4.78 is 7.74. The normalized spacial score (nSPS) is 10.7. The fraction of sp³-hybridized carbons (Fsp3) is 0.400. The number of nitrogens with zero attached hydrogens (tertiary/aromatic N) is 5. The standard InChI is InChI=1S/C10H12ClN5O2/c1-6-9(11)8(15(2)13-6)5-16-4-7(12-14-16)10(17)18-3/h4H,5H2,1-3H3. The molecule has 0 saturated carbocycles. The maximum Gasteiger partial charge on any atom is 0.360 e. The van der Waals surface area contributed by atoms with Gasteiger partial charge in [-0.1, -0.05) is 16.8 Å². The number of esters is 1. The van der Waals surface area contributed by atoms with Crippen LogP contribution < -0.4 is 0 Å². The van der Waals surface area contributed by atoms with Gasteiger partial charge in [-0.25, -0.2) is 9.48 Å². The fourth-order valence-corrected chi connectivity index (χ4v) is 1.80. The number of hydrogen-bond acceptors (Lipinski definition) is 5. The zero-order chi connectivity index (χ0) is 13.3. The van der Waals surface area contributed by atoms with E-state index in [0.29, 0.717) is 11.6 Å². The zero-order valence-electron chi connectivity index (χ0n) is 10.2. The molecule has 0 atom stereocenters. The molecule has 2 aromatic heterocycles. The molecule has 18 heavy (non-hydrogen) atoms. The number of aromatic nitrogens is 5. The summed E-state index contributed by atoms with van der Waals surface area (Å²) in [4.78, 5) is 11.2. The van der Waals surface area contributed by atoms with Crippen LogP contribution in [0.4, 0.5) is 0 Å². The number of halogens is 1. The van der Waals surface area contributed by atoms with Gasteiger partial charge in [0.1, 0.15) is 0 Å². The largest absolute Gasteiger partial charge is 0.464 e. The van der Waals surface area contributed by atoms with E-state index in [0.717, 1.165) is 11.4 Å². The van der Waals surface area contributed by atoms with Gasteiger partial charge in [-0.2, -0.15) is 5.10 Å². The van der Waals surface area contributed by atoms with E-state index in [1.807, 2.05) is 6.92 Å². The van der Waals surface area contributed by atoms with Crippen LogP contribution in [0.2, 0.25) is 5.02 Å². The van der Waals surface area contributed by atoms with Crippen molar-refractivity contribution in [3.63, 3.8) is 0 Å². The van der Waals surface area contributed by atoms with Crippen LogP contribution in [0.15, 0.2) is 6.20 Å². The van der Waals surface area contributed by atoms with E-state index >= 15 is 0 Å². The van der Waals surface area contributed by atoms with Gasteiger partial charge < -0.3 is 4.74 Å². The Hall–Kier alpha value is -1.89. The average Bonchev–Trinajstić information content (AvgIpc) is 2.90. The summed E-state index contributed by atoms with van der Waals surface area (Å²) in [6.07, 6.45) is 1.50. The van der Waals surface area contributed by atoms with E-state index in [4.69, 9.17) is 11.6 Å². The molecular formula is C10H12ClN5O2. The Labute approximate surface area is 108 Å². The highest BCUT2D eigenvalue weighted by Crippen LogP contribution is 2.19. The first-order valence-corrected chi connectivity index (χ1v) is 5.57. The molecule has 2 rings (SSSR count). The number of methoxy groups -OCH3 is 1. The number of carbonyl (C=O) groups excluding carboxylic acids is 1. The third kappa shape index (κ3) is 2.21. The third-order valence-corrected chi connectivity index (χ3v) is 3.00. The molecule has 7 nitrogen and oxygen atoms in total. The van der Waals surface area contributed by atoms with E-state index in [9.17, 15) is 4.79 Å². The third-order valence-electron chi connectivity index (χ3n) is 2.51. The van der Waals surface area contributed by atoms with Crippen LogP contribution in [0.5, 0.6) is 0 Å². The Bertz CT molecular complexity index is 589. The molecule has 0 aliphatic heterocycles. The van der Waals surface area contributed by atoms with Crippen molar-refractivity contribution in [2.75, 3.05) is 7.11 Å². The highest BCUT2D eigenvalue weighted by molar-refractivity contribution is 6.31. The molecule has 0 aliphatic rings. The molecule has 0 unspecified atom stereocenters. The smallest absolute Gasteiger partial charge is 0.360 e. The monoisotopic (exact) mass is 269 g/mol. The Balaban J connectivity index is 2.24. The second-order valence-corrected chi connectivity index (χ2v) is 4.14. The van der Waals surface area contributed by atoms with Crippen LogP contribution in [-0.4, -0.2) is 37.9 Å². The van der Waals surface area contributed by atoms with E-state index in [1.54, 1.807) is 11.7 Å². The molecule has 0 amide bonds. The molecule has 8 heteroatoms. The van der Waals surface area contributed by atoms with Crippen LogP contribution in [0.1, 0.15) is 21.9 Å².